The van der Waals surface area contributed by atoms with E-state index in [0.717, 1.165) is 25.3 Å². The third-order valence-electron chi connectivity index (χ3n) is 2.97. The van der Waals surface area contributed by atoms with Crippen LogP contribution in [0.2, 0.25) is 0 Å². The molecule has 18 heavy (non-hydrogen) atoms. The number of nitrogens with one attached hydrogen (secondary N) is 1. The first-order chi connectivity index (χ1) is 8.52. The number of aromatic nitrogens is 1. The van der Waals surface area contributed by atoms with Gasteiger partial charge in [-0.25, -0.2) is 4.98 Å². The highest BCUT2D eigenvalue weighted by molar-refractivity contribution is 5.73. The van der Waals surface area contributed by atoms with Crippen LogP contribution in [0, 0.1) is 6.92 Å². The molecular weight excluding hydrogens is 226 g/mol. The maximum absolute atomic E-state index is 11.3. The molecule has 1 atom stereocenters. The molecule has 0 unspecified atom stereocenters. The van der Waals surface area contributed by atoms with Crippen molar-refractivity contribution < 1.29 is 4.79 Å². The maximum Gasteiger partial charge on any atom is 0.219 e. The Morgan fingerprint density at radius 3 is 2.83 bits per heavy atom. The van der Waals surface area contributed by atoms with Crippen LogP contribution in [-0.2, 0) is 4.79 Å². The lowest BCUT2D eigenvalue weighted by atomic mass is 10.2. The van der Waals surface area contributed by atoms with Gasteiger partial charge in [-0.15, -0.1) is 0 Å². The fourth-order valence-corrected chi connectivity index (χ4v) is 1.83. The highest BCUT2D eigenvalue weighted by atomic mass is 16.2. The minimum Gasteiger partial charge on any atom is -0.368 e. The number of hydrogen-bond acceptors (Lipinski definition) is 3. The Morgan fingerprint density at radius 1 is 1.56 bits per heavy atom. The predicted molar refractivity (Wildman–Crippen MR) is 74.6 cm³/mol. The van der Waals surface area contributed by atoms with Gasteiger partial charge in [-0.1, -0.05) is 0 Å². The number of anilines is 1. The second-order valence-corrected chi connectivity index (χ2v) is 4.65. The highest BCUT2D eigenvalue weighted by Gasteiger charge is 2.09. The van der Waals surface area contributed by atoms with Crippen molar-refractivity contribution >= 4 is 11.7 Å². The van der Waals surface area contributed by atoms with Crippen molar-refractivity contribution in [1.82, 2.24) is 9.88 Å². The summed E-state index contributed by atoms with van der Waals surface area (Å²) < 4.78 is 0. The summed E-state index contributed by atoms with van der Waals surface area (Å²) in [5, 5.41) is 3.35. The summed E-state index contributed by atoms with van der Waals surface area (Å²) in [4.78, 5) is 17.4. The maximum atomic E-state index is 11.3. The SMILES string of the molecule is CCN(CC[C@@H](C)Nc1cc(C)ccn1)C(C)=O. The number of aryl methyl sites for hydroxylation is 1. The van der Waals surface area contributed by atoms with Gasteiger partial charge in [-0.2, -0.15) is 0 Å². The van der Waals surface area contributed by atoms with E-state index in [1.54, 1.807) is 13.1 Å². The van der Waals surface area contributed by atoms with Crippen LogP contribution in [0.3, 0.4) is 0 Å². The molecule has 1 aromatic rings. The van der Waals surface area contributed by atoms with E-state index in [-0.39, 0.29) is 5.91 Å². The topological polar surface area (TPSA) is 45.2 Å². The zero-order valence-electron chi connectivity index (χ0n) is 11.7. The average Bonchev–Trinajstić information content (AvgIpc) is 2.29. The number of hydrogen-bond donors (Lipinski definition) is 1. The predicted octanol–water partition coefficient (Wildman–Crippen LogP) is 2.45. The first-order valence-corrected chi connectivity index (χ1v) is 6.47. The molecule has 4 nitrogen and oxygen atoms in total. The Balaban J connectivity index is 2.42. The van der Waals surface area contributed by atoms with Crippen LogP contribution in [0.5, 0.6) is 0 Å². The molecule has 4 heteroatoms. The van der Waals surface area contributed by atoms with Crippen LogP contribution in [-0.4, -0.2) is 34.9 Å². The number of carbonyl (C=O) groups is 1. The van der Waals surface area contributed by atoms with Gasteiger partial charge in [0.15, 0.2) is 0 Å². The smallest absolute Gasteiger partial charge is 0.219 e. The standard InChI is InChI=1S/C14H23N3O/c1-5-17(13(4)18)9-7-12(3)16-14-10-11(2)6-8-15-14/h6,8,10,12H,5,7,9H2,1-4H3,(H,15,16)/t12-/m1/s1. The molecule has 0 saturated heterocycles. The van der Waals surface area contributed by atoms with Crippen molar-refractivity contribution in [2.24, 2.45) is 0 Å². The second kappa shape index (κ2) is 6.99. The normalized spacial score (nSPS) is 12.0. The average molecular weight is 249 g/mol. The van der Waals surface area contributed by atoms with E-state index < -0.39 is 0 Å². The molecular formula is C14H23N3O. The molecule has 0 aliphatic heterocycles. The summed E-state index contributed by atoms with van der Waals surface area (Å²) in [5.41, 5.74) is 1.19. The van der Waals surface area contributed by atoms with Gasteiger partial charge >= 0.3 is 0 Å². The van der Waals surface area contributed by atoms with Crippen LogP contribution in [0.25, 0.3) is 0 Å². The first kappa shape index (κ1) is 14.5. The number of carbonyl (C=O) groups excluding carboxylic acids is 1. The van der Waals surface area contributed by atoms with Gasteiger partial charge < -0.3 is 10.2 Å². The van der Waals surface area contributed by atoms with E-state index >= 15 is 0 Å². The zero-order valence-corrected chi connectivity index (χ0v) is 11.7. The Labute approximate surface area is 109 Å². The molecule has 0 saturated carbocycles. The lowest BCUT2D eigenvalue weighted by Crippen LogP contribution is -2.32. The van der Waals surface area contributed by atoms with Gasteiger partial charge in [0.25, 0.3) is 0 Å². The van der Waals surface area contributed by atoms with E-state index in [4.69, 9.17) is 0 Å². The van der Waals surface area contributed by atoms with Crippen molar-refractivity contribution in [3.8, 4) is 0 Å². The van der Waals surface area contributed by atoms with Gasteiger partial charge in [0.1, 0.15) is 5.82 Å². The van der Waals surface area contributed by atoms with Crippen LogP contribution < -0.4 is 5.32 Å². The van der Waals surface area contributed by atoms with E-state index in [1.807, 2.05) is 30.9 Å². The molecule has 0 radical (unpaired) electrons. The lowest BCUT2D eigenvalue weighted by molar-refractivity contribution is -0.128. The van der Waals surface area contributed by atoms with Crippen LogP contribution in [0.15, 0.2) is 18.3 Å². The van der Waals surface area contributed by atoms with E-state index in [2.05, 4.69) is 17.2 Å². The largest absolute Gasteiger partial charge is 0.368 e. The first-order valence-electron chi connectivity index (χ1n) is 6.47. The van der Waals surface area contributed by atoms with Crippen molar-refractivity contribution in [3.05, 3.63) is 23.9 Å². The minimum atomic E-state index is 0.137. The van der Waals surface area contributed by atoms with Gasteiger partial charge in [-0.3, -0.25) is 4.79 Å². The molecule has 0 fully saturated rings. The fraction of sp³-hybridized carbons (Fsp3) is 0.571. The quantitative estimate of drug-likeness (QED) is 0.842. The summed E-state index contributed by atoms with van der Waals surface area (Å²) in [6.07, 6.45) is 2.72. The van der Waals surface area contributed by atoms with E-state index in [9.17, 15) is 4.79 Å². The molecule has 1 amide bonds. The molecule has 1 aromatic heterocycles. The number of pyridine rings is 1. The monoisotopic (exact) mass is 249 g/mol. The fourth-order valence-electron chi connectivity index (χ4n) is 1.83. The number of rotatable bonds is 6. The summed E-state index contributed by atoms with van der Waals surface area (Å²) in [6, 6.07) is 4.30. The summed E-state index contributed by atoms with van der Waals surface area (Å²) in [5.74, 6) is 1.03. The molecule has 0 spiro atoms. The van der Waals surface area contributed by atoms with Crippen molar-refractivity contribution in [3.63, 3.8) is 0 Å². The molecule has 1 N–H and O–H groups in total. The van der Waals surface area contributed by atoms with Gasteiger partial charge in [-0.05, 0) is 44.9 Å². The van der Waals surface area contributed by atoms with Crippen molar-refractivity contribution in [2.45, 2.75) is 40.2 Å². The number of amides is 1. The molecule has 0 aliphatic carbocycles. The third kappa shape index (κ3) is 4.73. The molecule has 100 valence electrons. The molecule has 0 aromatic carbocycles. The second-order valence-electron chi connectivity index (χ2n) is 4.65. The van der Waals surface area contributed by atoms with Crippen molar-refractivity contribution in [1.29, 1.82) is 0 Å². The van der Waals surface area contributed by atoms with Crippen LogP contribution in [0.1, 0.15) is 32.8 Å². The lowest BCUT2D eigenvalue weighted by Gasteiger charge is -2.22. The molecule has 1 heterocycles. The molecule has 1 rings (SSSR count). The van der Waals surface area contributed by atoms with Crippen molar-refractivity contribution in [2.75, 3.05) is 18.4 Å². The third-order valence-corrected chi connectivity index (χ3v) is 2.97. The van der Waals surface area contributed by atoms with Crippen LogP contribution >= 0.6 is 0 Å². The Hall–Kier alpha value is -1.58. The molecule has 0 aliphatic rings. The Morgan fingerprint density at radius 2 is 2.28 bits per heavy atom. The molecule has 0 bridgehead atoms. The summed E-state index contributed by atoms with van der Waals surface area (Å²) in [6.45, 7) is 9.33. The van der Waals surface area contributed by atoms with Gasteiger partial charge in [0.2, 0.25) is 5.91 Å². The minimum absolute atomic E-state index is 0.137. The Bertz CT molecular complexity index is 392. The summed E-state index contributed by atoms with van der Waals surface area (Å²) >= 11 is 0. The van der Waals surface area contributed by atoms with Crippen LogP contribution in [0.4, 0.5) is 5.82 Å². The van der Waals surface area contributed by atoms with Gasteiger partial charge in [0.05, 0.1) is 0 Å². The number of nitrogens with zero attached hydrogens (tertiary/aromatic N) is 2. The highest BCUT2D eigenvalue weighted by Crippen LogP contribution is 2.08. The van der Waals surface area contributed by atoms with E-state index in [0.29, 0.717) is 6.04 Å². The summed E-state index contributed by atoms with van der Waals surface area (Å²) in [7, 11) is 0. The van der Waals surface area contributed by atoms with Gasteiger partial charge in [0, 0.05) is 32.3 Å². The Kier molecular flexibility index (Phi) is 5.62. The van der Waals surface area contributed by atoms with E-state index in [1.165, 1.54) is 5.56 Å². The zero-order chi connectivity index (χ0) is 13.5.